The first-order chi connectivity index (χ1) is 8.88. The molecule has 1 rings (SSSR count). The van der Waals surface area contributed by atoms with Gasteiger partial charge in [-0.3, -0.25) is 9.59 Å². The number of carbonyl (C=O) groups is 2. The molecule has 0 fully saturated rings. The maximum Gasteiger partial charge on any atom is 0.246 e. The van der Waals surface area contributed by atoms with Crippen molar-refractivity contribution in [2.75, 3.05) is 18.9 Å². The van der Waals surface area contributed by atoms with Crippen molar-refractivity contribution in [1.82, 2.24) is 4.90 Å². The standard InChI is InChI=1S/C15H20N2O2/c1-11(2)9-15(19)17(4)10-14(18)16-13-7-5-12(3)6-8-13/h5-9H,10H2,1-4H3,(H,16,18). The van der Waals surface area contributed by atoms with Gasteiger partial charge in [0.05, 0.1) is 6.54 Å². The van der Waals surface area contributed by atoms with Crippen LogP contribution in [0.3, 0.4) is 0 Å². The van der Waals surface area contributed by atoms with E-state index >= 15 is 0 Å². The molecule has 0 aliphatic carbocycles. The lowest BCUT2D eigenvalue weighted by Crippen LogP contribution is -2.34. The van der Waals surface area contributed by atoms with Gasteiger partial charge in [0.1, 0.15) is 0 Å². The van der Waals surface area contributed by atoms with Gasteiger partial charge in [-0.15, -0.1) is 0 Å². The largest absolute Gasteiger partial charge is 0.333 e. The smallest absolute Gasteiger partial charge is 0.246 e. The minimum absolute atomic E-state index is 0.0382. The highest BCUT2D eigenvalue weighted by Crippen LogP contribution is 2.08. The fraction of sp³-hybridized carbons (Fsp3) is 0.333. The number of hydrogen-bond acceptors (Lipinski definition) is 2. The van der Waals surface area contributed by atoms with Gasteiger partial charge in [-0.1, -0.05) is 23.3 Å². The van der Waals surface area contributed by atoms with Crippen LogP contribution in [0.5, 0.6) is 0 Å². The molecule has 2 amide bonds. The van der Waals surface area contributed by atoms with Crippen molar-refractivity contribution in [3.8, 4) is 0 Å². The maximum absolute atomic E-state index is 11.8. The van der Waals surface area contributed by atoms with Gasteiger partial charge in [0.2, 0.25) is 11.8 Å². The van der Waals surface area contributed by atoms with Crippen LogP contribution in [0.1, 0.15) is 19.4 Å². The summed E-state index contributed by atoms with van der Waals surface area (Å²) in [4.78, 5) is 24.8. The number of nitrogens with one attached hydrogen (secondary N) is 1. The average Bonchev–Trinajstić information content (AvgIpc) is 2.31. The van der Waals surface area contributed by atoms with Crippen LogP contribution in [0.25, 0.3) is 0 Å². The third-order valence-corrected chi connectivity index (χ3v) is 2.50. The van der Waals surface area contributed by atoms with E-state index in [1.807, 2.05) is 45.0 Å². The molecule has 0 aliphatic rings. The maximum atomic E-state index is 11.8. The molecule has 4 nitrogen and oxygen atoms in total. The Morgan fingerprint density at radius 1 is 1.21 bits per heavy atom. The highest BCUT2D eigenvalue weighted by atomic mass is 16.2. The van der Waals surface area contributed by atoms with Crippen LogP contribution in [-0.2, 0) is 9.59 Å². The molecule has 0 spiro atoms. The van der Waals surface area contributed by atoms with Gasteiger partial charge in [0.25, 0.3) is 0 Å². The second-order valence-corrected chi connectivity index (χ2v) is 4.83. The molecule has 1 aromatic carbocycles. The van der Waals surface area contributed by atoms with Gasteiger partial charge in [-0.25, -0.2) is 0 Å². The van der Waals surface area contributed by atoms with Crippen molar-refractivity contribution in [2.45, 2.75) is 20.8 Å². The molecule has 0 aliphatic heterocycles. The van der Waals surface area contributed by atoms with Crippen LogP contribution in [0, 0.1) is 6.92 Å². The van der Waals surface area contributed by atoms with Gasteiger partial charge in [-0.2, -0.15) is 0 Å². The number of nitrogens with zero attached hydrogens (tertiary/aromatic N) is 1. The van der Waals surface area contributed by atoms with E-state index in [4.69, 9.17) is 0 Å². The molecule has 0 saturated heterocycles. The minimum Gasteiger partial charge on any atom is -0.333 e. The van der Waals surface area contributed by atoms with Gasteiger partial charge in [0.15, 0.2) is 0 Å². The number of allylic oxidation sites excluding steroid dienone is 1. The third-order valence-electron chi connectivity index (χ3n) is 2.50. The summed E-state index contributed by atoms with van der Waals surface area (Å²) in [6.45, 7) is 5.71. The fourth-order valence-electron chi connectivity index (χ4n) is 1.49. The molecule has 4 heteroatoms. The van der Waals surface area contributed by atoms with Crippen LogP contribution >= 0.6 is 0 Å². The van der Waals surface area contributed by atoms with Gasteiger partial charge in [-0.05, 0) is 32.9 Å². The summed E-state index contributed by atoms with van der Waals surface area (Å²) in [5.41, 5.74) is 2.78. The molecule has 0 saturated carbocycles. The molecule has 1 aromatic rings. The van der Waals surface area contributed by atoms with Crippen LogP contribution in [0.4, 0.5) is 5.69 Å². The molecule has 0 unspecified atom stereocenters. The first-order valence-electron chi connectivity index (χ1n) is 6.15. The lowest BCUT2D eigenvalue weighted by Gasteiger charge is -2.15. The Balaban J connectivity index is 2.53. The zero-order valence-electron chi connectivity index (χ0n) is 11.9. The number of amides is 2. The molecule has 1 N–H and O–H groups in total. The Kier molecular flexibility index (Phi) is 5.30. The van der Waals surface area contributed by atoms with Crippen molar-refractivity contribution in [2.24, 2.45) is 0 Å². The third kappa shape index (κ3) is 5.38. The predicted octanol–water partition coefficient (Wildman–Crippen LogP) is 2.36. The first kappa shape index (κ1) is 15.0. The minimum atomic E-state index is -0.207. The van der Waals surface area contributed by atoms with E-state index < -0.39 is 0 Å². The summed E-state index contributed by atoms with van der Waals surface area (Å²) in [6.07, 6.45) is 1.51. The lowest BCUT2D eigenvalue weighted by atomic mass is 10.2. The van der Waals surface area contributed by atoms with Crippen molar-refractivity contribution in [3.63, 3.8) is 0 Å². The molecule has 0 atom stereocenters. The molecule has 0 aromatic heterocycles. The summed E-state index contributed by atoms with van der Waals surface area (Å²) >= 11 is 0. The van der Waals surface area contributed by atoms with Crippen molar-refractivity contribution in [3.05, 3.63) is 41.5 Å². The van der Waals surface area contributed by atoms with Crippen LogP contribution in [0.2, 0.25) is 0 Å². The summed E-state index contributed by atoms with van der Waals surface area (Å²) in [7, 11) is 1.61. The van der Waals surface area contributed by atoms with E-state index in [-0.39, 0.29) is 18.4 Å². The zero-order chi connectivity index (χ0) is 14.4. The number of rotatable bonds is 4. The topological polar surface area (TPSA) is 49.4 Å². The Labute approximate surface area is 114 Å². The molecule has 0 heterocycles. The number of anilines is 1. The highest BCUT2D eigenvalue weighted by molar-refractivity contribution is 5.96. The van der Waals surface area contributed by atoms with Crippen molar-refractivity contribution in [1.29, 1.82) is 0 Å². The predicted molar refractivity (Wildman–Crippen MR) is 76.9 cm³/mol. The Hall–Kier alpha value is -2.10. The lowest BCUT2D eigenvalue weighted by molar-refractivity contribution is -0.129. The van der Waals surface area contributed by atoms with E-state index in [1.165, 1.54) is 11.0 Å². The molecule has 102 valence electrons. The van der Waals surface area contributed by atoms with Crippen LogP contribution in [-0.4, -0.2) is 30.3 Å². The zero-order valence-corrected chi connectivity index (χ0v) is 11.9. The number of benzene rings is 1. The fourth-order valence-corrected chi connectivity index (χ4v) is 1.49. The Morgan fingerprint density at radius 3 is 2.32 bits per heavy atom. The van der Waals surface area contributed by atoms with Crippen molar-refractivity contribution < 1.29 is 9.59 Å². The Bertz CT molecular complexity index is 485. The van der Waals surface area contributed by atoms with E-state index in [9.17, 15) is 9.59 Å². The van der Waals surface area contributed by atoms with Crippen LogP contribution < -0.4 is 5.32 Å². The first-order valence-corrected chi connectivity index (χ1v) is 6.15. The summed E-state index contributed by atoms with van der Waals surface area (Å²) in [6, 6.07) is 7.53. The monoisotopic (exact) mass is 260 g/mol. The normalized spacial score (nSPS) is 9.68. The number of carbonyl (C=O) groups excluding carboxylic acids is 2. The molecular weight excluding hydrogens is 240 g/mol. The molecule has 0 bridgehead atoms. The van der Waals surface area contributed by atoms with Crippen molar-refractivity contribution >= 4 is 17.5 Å². The summed E-state index contributed by atoms with van der Waals surface area (Å²) in [5.74, 6) is -0.374. The number of likely N-dealkylation sites (N-methyl/N-ethyl adjacent to an activating group) is 1. The molecular formula is C15H20N2O2. The van der Waals surface area contributed by atoms with Gasteiger partial charge in [0, 0.05) is 18.8 Å². The summed E-state index contributed by atoms with van der Waals surface area (Å²) in [5, 5.41) is 2.75. The van der Waals surface area contributed by atoms with E-state index in [1.54, 1.807) is 7.05 Å². The second kappa shape index (κ2) is 6.73. The second-order valence-electron chi connectivity index (χ2n) is 4.83. The number of hydrogen-bond donors (Lipinski definition) is 1. The van der Waals surface area contributed by atoms with Gasteiger partial charge < -0.3 is 10.2 Å². The Morgan fingerprint density at radius 2 is 1.79 bits per heavy atom. The molecule has 19 heavy (non-hydrogen) atoms. The van der Waals surface area contributed by atoms with Gasteiger partial charge >= 0.3 is 0 Å². The number of aryl methyl sites for hydroxylation is 1. The van der Waals surface area contributed by atoms with E-state index in [0.717, 1.165) is 16.8 Å². The SMILES string of the molecule is CC(C)=CC(=O)N(C)CC(=O)Nc1ccc(C)cc1. The quantitative estimate of drug-likeness (QED) is 0.845. The van der Waals surface area contributed by atoms with Crippen LogP contribution in [0.15, 0.2) is 35.9 Å². The van der Waals surface area contributed by atoms with E-state index in [0.29, 0.717) is 0 Å². The van der Waals surface area contributed by atoms with E-state index in [2.05, 4.69) is 5.32 Å². The highest BCUT2D eigenvalue weighted by Gasteiger charge is 2.10. The average molecular weight is 260 g/mol. The summed E-state index contributed by atoms with van der Waals surface area (Å²) < 4.78 is 0. The molecule has 0 radical (unpaired) electrons.